The van der Waals surface area contributed by atoms with Gasteiger partial charge in [0, 0.05) is 36.2 Å². The number of carboxylic acid groups (broad SMARTS) is 1. The highest BCUT2D eigenvalue weighted by Crippen LogP contribution is 2.30. The average molecular weight is 507 g/mol. The van der Waals surface area contributed by atoms with Gasteiger partial charge in [0.2, 0.25) is 0 Å². The number of carbonyl (C=O) groups is 2. The van der Waals surface area contributed by atoms with E-state index in [1.807, 2.05) is 39.0 Å². The van der Waals surface area contributed by atoms with Gasteiger partial charge >= 0.3 is 12.1 Å². The molecule has 1 fully saturated rings. The number of aryl methyl sites for hydroxylation is 2. The maximum atomic E-state index is 12.3. The van der Waals surface area contributed by atoms with Crippen LogP contribution in [0.2, 0.25) is 0 Å². The number of nitriles is 1. The number of hydrogen-bond acceptors (Lipinski definition) is 7. The number of furan rings is 1. The van der Waals surface area contributed by atoms with Gasteiger partial charge in [0.1, 0.15) is 29.0 Å². The van der Waals surface area contributed by atoms with Gasteiger partial charge in [-0.2, -0.15) is 5.26 Å². The second-order valence-electron chi connectivity index (χ2n) is 9.98. The van der Waals surface area contributed by atoms with Crippen molar-refractivity contribution in [3.63, 3.8) is 0 Å². The quantitative estimate of drug-likeness (QED) is 0.456. The summed E-state index contributed by atoms with van der Waals surface area (Å²) in [5.74, 6) is 0.653. The number of fused-ring (bicyclic) bond motifs is 1. The number of nitrogens with zero attached hydrogens (tertiary/aromatic N) is 2. The molecule has 1 saturated heterocycles. The van der Waals surface area contributed by atoms with Crippen molar-refractivity contribution < 1.29 is 33.3 Å². The van der Waals surface area contributed by atoms with Crippen molar-refractivity contribution in [2.45, 2.75) is 51.7 Å². The maximum Gasteiger partial charge on any atom is 0.410 e. The Labute approximate surface area is 215 Å². The molecule has 1 N–H and O–H groups in total. The molecule has 0 spiro atoms. The van der Waals surface area contributed by atoms with Crippen LogP contribution < -0.4 is 9.47 Å². The molecule has 1 aromatic heterocycles. The fourth-order valence-corrected chi connectivity index (χ4v) is 4.22. The minimum atomic E-state index is -1.08. The first-order valence-electron chi connectivity index (χ1n) is 12.1. The van der Waals surface area contributed by atoms with E-state index in [0.29, 0.717) is 49.4 Å². The van der Waals surface area contributed by atoms with Crippen LogP contribution in [-0.4, -0.2) is 53.5 Å². The Morgan fingerprint density at radius 1 is 1.19 bits per heavy atom. The van der Waals surface area contributed by atoms with Crippen molar-refractivity contribution in [1.29, 1.82) is 5.26 Å². The van der Waals surface area contributed by atoms with Crippen molar-refractivity contribution in [1.82, 2.24) is 4.90 Å². The van der Waals surface area contributed by atoms with Crippen LogP contribution in [0.3, 0.4) is 0 Å². The van der Waals surface area contributed by atoms with Crippen molar-refractivity contribution in [2.75, 3.05) is 19.7 Å². The Balaban J connectivity index is 1.44. The lowest BCUT2D eigenvalue weighted by Gasteiger charge is -2.24. The summed E-state index contributed by atoms with van der Waals surface area (Å²) in [5.41, 5.74) is 0.814. The van der Waals surface area contributed by atoms with E-state index in [4.69, 9.17) is 29.0 Å². The van der Waals surface area contributed by atoms with Gasteiger partial charge in [0.05, 0.1) is 24.4 Å². The van der Waals surface area contributed by atoms with E-state index in [-0.39, 0.29) is 12.2 Å². The SMILES string of the molecule is CC(C)(C)OC(=O)N1CC[C@H](Oc2ccc(CCc3occ4cc(C#N)ccc34)c(OCC(=O)O)c2)C1. The summed E-state index contributed by atoms with van der Waals surface area (Å²) < 4.78 is 22.8. The first-order valence-corrected chi connectivity index (χ1v) is 12.1. The van der Waals surface area contributed by atoms with Gasteiger partial charge in [-0.1, -0.05) is 6.07 Å². The molecule has 0 radical (unpaired) electrons. The molecule has 1 atom stereocenters. The van der Waals surface area contributed by atoms with Crippen LogP contribution in [0, 0.1) is 11.3 Å². The number of amides is 1. The van der Waals surface area contributed by atoms with E-state index in [1.54, 1.807) is 29.4 Å². The molecule has 1 aliphatic rings. The van der Waals surface area contributed by atoms with E-state index in [2.05, 4.69) is 6.07 Å². The molecule has 9 nitrogen and oxygen atoms in total. The average Bonchev–Trinajstić information content (AvgIpc) is 3.47. The highest BCUT2D eigenvalue weighted by molar-refractivity contribution is 5.85. The zero-order chi connectivity index (χ0) is 26.6. The maximum absolute atomic E-state index is 12.3. The van der Waals surface area contributed by atoms with E-state index in [0.717, 1.165) is 22.1 Å². The number of carbonyl (C=O) groups excluding carboxylic acids is 1. The number of carboxylic acids is 1. The molecule has 1 aliphatic heterocycles. The van der Waals surface area contributed by atoms with E-state index in [1.165, 1.54) is 0 Å². The van der Waals surface area contributed by atoms with Gasteiger partial charge in [-0.3, -0.25) is 0 Å². The zero-order valence-corrected chi connectivity index (χ0v) is 21.2. The Kier molecular flexibility index (Phi) is 7.58. The fourth-order valence-electron chi connectivity index (χ4n) is 4.22. The molecule has 0 saturated carbocycles. The van der Waals surface area contributed by atoms with Gasteiger partial charge in [0.25, 0.3) is 0 Å². The molecule has 0 unspecified atom stereocenters. The monoisotopic (exact) mass is 506 g/mol. The topological polar surface area (TPSA) is 122 Å². The molecule has 3 aromatic rings. The highest BCUT2D eigenvalue weighted by atomic mass is 16.6. The lowest BCUT2D eigenvalue weighted by atomic mass is 10.0. The van der Waals surface area contributed by atoms with Crippen molar-refractivity contribution in [2.24, 2.45) is 0 Å². The normalized spacial score (nSPS) is 15.4. The summed E-state index contributed by atoms with van der Waals surface area (Å²) in [5, 5.41) is 20.0. The number of ether oxygens (including phenoxy) is 3. The smallest absolute Gasteiger partial charge is 0.410 e. The molecule has 194 valence electrons. The Morgan fingerprint density at radius 3 is 2.73 bits per heavy atom. The molecule has 9 heteroatoms. The number of rotatable bonds is 8. The molecule has 0 bridgehead atoms. The minimum Gasteiger partial charge on any atom is -0.488 e. The molecular formula is C28H30N2O7. The van der Waals surface area contributed by atoms with Crippen LogP contribution in [0.4, 0.5) is 4.79 Å². The predicted octanol–water partition coefficient (Wildman–Crippen LogP) is 4.94. The van der Waals surface area contributed by atoms with Crippen LogP contribution in [0.15, 0.2) is 47.1 Å². The van der Waals surface area contributed by atoms with E-state index >= 15 is 0 Å². The Bertz CT molecular complexity index is 1330. The third-order valence-electron chi connectivity index (χ3n) is 5.92. The van der Waals surface area contributed by atoms with E-state index in [9.17, 15) is 9.59 Å². The van der Waals surface area contributed by atoms with Crippen molar-refractivity contribution >= 4 is 22.8 Å². The summed E-state index contributed by atoms with van der Waals surface area (Å²) >= 11 is 0. The van der Waals surface area contributed by atoms with Crippen molar-refractivity contribution in [3.8, 4) is 17.6 Å². The first-order chi connectivity index (χ1) is 17.6. The first kappa shape index (κ1) is 25.9. The van der Waals surface area contributed by atoms with Crippen LogP contribution in [0.1, 0.15) is 44.1 Å². The van der Waals surface area contributed by atoms with Gasteiger partial charge in [-0.05, 0) is 57.0 Å². The summed E-state index contributed by atoms with van der Waals surface area (Å²) in [4.78, 5) is 25.1. The lowest BCUT2D eigenvalue weighted by molar-refractivity contribution is -0.139. The number of aliphatic carboxylic acids is 1. The van der Waals surface area contributed by atoms with Gasteiger partial charge in [-0.15, -0.1) is 0 Å². The highest BCUT2D eigenvalue weighted by Gasteiger charge is 2.31. The van der Waals surface area contributed by atoms with Crippen LogP contribution in [0.25, 0.3) is 10.8 Å². The number of likely N-dealkylation sites (tertiary alicyclic amines) is 1. The molecule has 37 heavy (non-hydrogen) atoms. The van der Waals surface area contributed by atoms with Gasteiger partial charge < -0.3 is 28.6 Å². The second kappa shape index (κ2) is 10.8. The van der Waals surface area contributed by atoms with Crippen molar-refractivity contribution in [3.05, 3.63) is 59.5 Å². The lowest BCUT2D eigenvalue weighted by Crippen LogP contribution is -2.36. The van der Waals surface area contributed by atoms with Crippen LogP contribution in [0.5, 0.6) is 11.5 Å². The molecule has 2 aromatic carbocycles. The third-order valence-corrected chi connectivity index (χ3v) is 5.92. The summed E-state index contributed by atoms with van der Waals surface area (Å²) in [6, 6.07) is 12.9. The molecule has 1 amide bonds. The summed E-state index contributed by atoms with van der Waals surface area (Å²) in [7, 11) is 0. The number of benzene rings is 2. The third kappa shape index (κ3) is 6.73. The van der Waals surface area contributed by atoms with Crippen LogP contribution >= 0.6 is 0 Å². The zero-order valence-electron chi connectivity index (χ0n) is 21.2. The minimum absolute atomic E-state index is 0.210. The molecule has 2 heterocycles. The Hall–Kier alpha value is -4.19. The van der Waals surface area contributed by atoms with Crippen LogP contribution in [-0.2, 0) is 22.4 Å². The van der Waals surface area contributed by atoms with Gasteiger partial charge in [-0.25, -0.2) is 9.59 Å². The second-order valence-corrected chi connectivity index (χ2v) is 9.98. The molecule has 4 rings (SSSR count). The molecular weight excluding hydrogens is 476 g/mol. The largest absolute Gasteiger partial charge is 0.488 e. The summed E-state index contributed by atoms with van der Waals surface area (Å²) in [6.07, 6.45) is 2.82. The predicted molar refractivity (Wildman–Crippen MR) is 135 cm³/mol. The Morgan fingerprint density at radius 2 is 2.00 bits per heavy atom. The summed E-state index contributed by atoms with van der Waals surface area (Å²) in [6.45, 7) is 5.94. The standard InChI is InChI=1S/C28H30N2O7/c1-28(2,3)37-27(33)30-11-10-22(15-30)36-21-7-5-19(25(13-21)35-17-26(31)32)6-9-24-23-8-4-18(14-29)12-20(23)16-34-24/h4-5,7-8,12-13,16,22H,6,9-11,15,17H2,1-3H3,(H,31,32)/t22-/m0/s1. The fraction of sp³-hybridized carbons (Fsp3) is 0.393. The van der Waals surface area contributed by atoms with E-state index < -0.39 is 18.2 Å². The van der Waals surface area contributed by atoms with Gasteiger partial charge in [0.15, 0.2) is 6.61 Å². The number of hydrogen-bond donors (Lipinski definition) is 1. The molecule has 0 aliphatic carbocycles.